The second kappa shape index (κ2) is 6.54. The molecule has 0 atom stereocenters. The van der Waals surface area contributed by atoms with Crippen molar-refractivity contribution in [2.24, 2.45) is 0 Å². The normalized spacial score (nSPS) is 16.6. The number of hydrogen-bond acceptors (Lipinski definition) is 6. The molecule has 10 heteroatoms. The van der Waals surface area contributed by atoms with Gasteiger partial charge in [-0.15, -0.1) is 0 Å². The first-order valence-corrected chi connectivity index (χ1v) is 9.56. The fourth-order valence-electron chi connectivity index (χ4n) is 2.70. The van der Waals surface area contributed by atoms with Crippen LogP contribution in [0.4, 0.5) is 10.1 Å². The summed E-state index contributed by atoms with van der Waals surface area (Å²) in [6.45, 7) is 2.84. The Morgan fingerprint density at radius 1 is 1.33 bits per heavy atom. The topological polar surface area (TPSA) is 116 Å². The summed E-state index contributed by atoms with van der Waals surface area (Å²) in [6, 6.07) is 5.68. The predicted molar refractivity (Wildman–Crippen MR) is 96.4 cm³/mol. The average Bonchev–Trinajstić information content (AvgIpc) is 2.79. The maximum Gasteiger partial charge on any atom is 0.326 e. The molecular formula is C17H19FN2O6S. The van der Waals surface area contributed by atoms with E-state index in [0.717, 1.165) is 0 Å². The summed E-state index contributed by atoms with van der Waals surface area (Å²) in [5.74, 6) is -2.09. The van der Waals surface area contributed by atoms with E-state index in [9.17, 15) is 23.4 Å². The Kier molecular flexibility index (Phi) is 4.64. The van der Waals surface area contributed by atoms with Crippen LogP contribution in [0.25, 0.3) is 10.8 Å². The third-order valence-corrected chi connectivity index (χ3v) is 5.43. The molecule has 0 radical (unpaired) electrons. The zero-order valence-corrected chi connectivity index (χ0v) is 15.5. The summed E-state index contributed by atoms with van der Waals surface area (Å²) < 4.78 is 46.7. The number of aromatic hydroxyl groups is 1. The van der Waals surface area contributed by atoms with Crippen molar-refractivity contribution in [1.82, 2.24) is 4.72 Å². The van der Waals surface area contributed by atoms with Gasteiger partial charge >= 0.3 is 10.2 Å². The van der Waals surface area contributed by atoms with Crippen molar-refractivity contribution >= 4 is 32.6 Å². The van der Waals surface area contributed by atoms with E-state index in [0.29, 0.717) is 21.9 Å². The number of rotatable bonds is 5. The van der Waals surface area contributed by atoms with Gasteiger partial charge in [0.2, 0.25) is 0 Å². The van der Waals surface area contributed by atoms with Gasteiger partial charge in [0.15, 0.2) is 5.82 Å². The molecule has 3 N–H and O–H groups in total. The number of halogens is 1. The summed E-state index contributed by atoms with van der Waals surface area (Å²) in [5, 5.41) is 20.2. The average molecular weight is 398 g/mol. The number of aliphatic hydroxyl groups is 1. The second-order valence-corrected chi connectivity index (χ2v) is 8.48. The quantitative estimate of drug-likeness (QED) is 0.701. The molecule has 0 saturated carbocycles. The van der Waals surface area contributed by atoms with Crippen LogP contribution in [0.2, 0.25) is 0 Å². The molecule has 0 unspecified atom stereocenters. The molecule has 1 fully saturated rings. The van der Waals surface area contributed by atoms with Crippen molar-refractivity contribution < 1.29 is 32.6 Å². The standard InChI is InChI=1S/C17H19FN2O6S/c1-17(2,23)5-6-26-11-4-3-10-7-13(21)16(15(18)12(10)8-11)20-9-14(22)19-27(20,24)25/h3-4,7-8,21,23H,5-6,9H2,1-2H3,(H,19,22). The van der Waals surface area contributed by atoms with Crippen LogP contribution in [0.5, 0.6) is 11.5 Å². The van der Waals surface area contributed by atoms with E-state index >= 15 is 4.39 Å². The predicted octanol–water partition coefficient (Wildman–Crippen LogP) is 1.41. The van der Waals surface area contributed by atoms with Crippen molar-refractivity contribution in [2.45, 2.75) is 25.9 Å². The Bertz CT molecular complexity index is 1020. The van der Waals surface area contributed by atoms with Crippen LogP contribution < -0.4 is 13.8 Å². The second-order valence-electron chi connectivity index (χ2n) is 6.89. The molecule has 146 valence electrons. The van der Waals surface area contributed by atoms with E-state index in [2.05, 4.69) is 0 Å². The lowest BCUT2D eigenvalue weighted by molar-refractivity contribution is -0.117. The lowest BCUT2D eigenvalue weighted by atomic mass is 10.1. The summed E-state index contributed by atoms with van der Waals surface area (Å²) in [7, 11) is -4.27. The number of carbonyl (C=O) groups excluding carboxylic acids is 1. The Morgan fingerprint density at radius 3 is 2.63 bits per heavy atom. The molecule has 0 aromatic heterocycles. The molecular weight excluding hydrogens is 379 g/mol. The third-order valence-electron chi connectivity index (χ3n) is 4.06. The van der Waals surface area contributed by atoms with Crippen molar-refractivity contribution in [3.8, 4) is 11.5 Å². The molecule has 1 amide bonds. The SMILES string of the molecule is CC(C)(O)CCOc1ccc2cc(O)c(N3CC(=O)NS3(=O)=O)c(F)c2c1. The molecule has 1 aliphatic heterocycles. The number of benzene rings is 2. The largest absolute Gasteiger partial charge is 0.506 e. The van der Waals surface area contributed by atoms with E-state index in [-0.39, 0.29) is 12.0 Å². The van der Waals surface area contributed by atoms with Crippen LogP contribution in [0, 0.1) is 5.82 Å². The number of amides is 1. The maximum absolute atomic E-state index is 15.0. The number of carbonyl (C=O) groups is 1. The van der Waals surface area contributed by atoms with Gasteiger partial charge in [0, 0.05) is 11.8 Å². The highest BCUT2D eigenvalue weighted by molar-refractivity contribution is 7.92. The van der Waals surface area contributed by atoms with Crippen molar-refractivity contribution in [2.75, 3.05) is 17.5 Å². The van der Waals surface area contributed by atoms with Gasteiger partial charge < -0.3 is 14.9 Å². The number of fused-ring (bicyclic) bond motifs is 1. The van der Waals surface area contributed by atoms with Gasteiger partial charge in [0.25, 0.3) is 5.91 Å². The van der Waals surface area contributed by atoms with Crippen molar-refractivity contribution in [3.05, 3.63) is 30.1 Å². The number of hydrogen-bond donors (Lipinski definition) is 3. The third kappa shape index (κ3) is 3.91. The first kappa shape index (κ1) is 19.2. The summed E-state index contributed by atoms with van der Waals surface area (Å²) >= 11 is 0. The van der Waals surface area contributed by atoms with Crippen LogP contribution in [-0.2, 0) is 15.0 Å². The number of anilines is 1. The molecule has 0 bridgehead atoms. The molecule has 2 aromatic carbocycles. The molecule has 3 rings (SSSR count). The van der Waals surface area contributed by atoms with Gasteiger partial charge in [-0.25, -0.2) is 13.4 Å². The molecule has 2 aromatic rings. The molecule has 8 nitrogen and oxygen atoms in total. The number of phenols is 1. The van der Waals surface area contributed by atoms with Gasteiger partial charge in [0.05, 0.1) is 12.2 Å². The smallest absolute Gasteiger partial charge is 0.326 e. The Labute approximate surface area is 155 Å². The Hall–Kier alpha value is -2.59. The van der Waals surface area contributed by atoms with Crippen molar-refractivity contribution in [3.63, 3.8) is 0 Å². The molecule has 1 heterocycles. The minimum Gasteiger partial charge on any atom is -0.506 e. The van der Waals surface area contributed by atoms with Crippen LogP contribution in [0.15, 0.2) is 24.3 Å². The number of nitrogens with zero attached hydrogens (tertiary/aromatic N) is 1. The minimum atomic E-state index is -4.27. The fourth-order valence-corrected chi connectivity index (χ4v) is 3.86. The molecule has 1 saturated heterocycles. The minimum absolute atomic E-state index is 0.0260. The first-order valence-electron chi connectivity index (χ1n) is 8.12. The van der Waals surface area contributed by atoms with Crippen LogP contribution >= 0.6 is 0 Å². The first-order chi connectivity index (χ1) is 12.5. The van der Waals surface area contributed by atoms with E-state index in [1.165, 1.54) is 18.2 Å². The zero-order chi connectivity index (χ0) is 20.0. The Morgan fingerprint density at radius 2 is 2.04 bits per heavy atom. The maximum atomic E-state index is 15.0. The fraction of sp³-hybridized carbons (Fsp3) is 0.353. The summed E-state index contributed by atoms with van der Waals surface area (Å²) in [4.78, 5) is 11.4. The summed E-state index contributed by atoms with van der Waals surface area (Å²) in [5.41, 5.74) is -1.51. The van der Waals surface area contributed by atoms with E-state index < -0.39 is 45.5 Å². The zero-order valence-electron chi connectivity index (χ0n) is 14.7. The molecule has 0 spiro atoms. The highest BCUT2D eigenvalue weighted by Gasteiger charge is 2.37. The monoisotopic (exact) mass is 398 g/mol. The summed E-state index contributed by atoms with van der Waals surface area (Å²) in [6.07, 6.45) is 0.355. The molecule has 0 aliphatic carbocycles. The lowest BCUT2D eigenvalue weighted by Gasteiger charge is -2.19. The Balaban J connectivity index is 2.00. The van der Waals surface area contributed by atoms with E-state index in [4.69, 9.17) is 4.74 Å². The number of nitrogens with one attached hydrogen (secondary N) is 1. The van der Waals surface area contributed by atoms with E-state index in [1.807, 2.05) is 0 Å². The van der Waals surface area contributed by atoms with Crippen LogP contribution in [-0.4, -0.2) is 43.3 Å². The van der Waals surface area contributed by atoms with Gasteiger partial charge in [-0.3, -0.25) is 4.79 Å². The van der Waals surface area contributed by atoms with Crippen LogP contribution in [0.1, 0.15) is 20.3 Å². The highest BCUT2D eigenvalue weighted by Crippen LogP contribution is 2.39. The number of ether oxygens (including phenoxy) is 1. The van der Waals surface area contributed by atoms with Crippen molar-refractivity contribution in [1.29, 1.82) is 0 Å². The lowest BCUT2D eigenvalue weighted by Crippen LogP contribution is -2.30. The van der Waals surface area contributed by atoms with E-state index in [1.54, 1.807) is 24.6 Å². The van der Waals surface area contributed by atoms with Gasteiger partial charge in [-0.1, -0.05) is 6.07 Å². The van der Waals surface area contributed by atoms with Crippen LogP contribution in [0.3, 0.4) is 0 Å². The van der Waals surface area contributed by atoms with Gasteiger partial charge in [-0.05, 0) is 37.4 Å². The van der Waals surface area contributed by atoms with Gasteiger partial charge in [-0.2, -0.15) is 8.42 Å². The molecule has 27 heavy (non-hydrogen) atoms. The molecule has 1 aliphatic rings. The highest BCUT2D eigenvalue weighted by atomic mass is 32.2. The number of phenolic OH excluding ortho intramolecular Hbond substituents is 1. The van der Waals surface area contributed by atoms with Gasteiger partial charge in [0.1, 0.15) is 23.7 Å².